The van der Waals surface area contributed by atoms with Crippen molar-refractivity contribution in [3.8, 4) is 0 Å². The predicted octanol–water partition coefficient (Wildman–Crippen LogP) is 5.94. The first-order chi connectivity index (χ1) is 15.7. The second-order valence-corrected chi connectivity index (χ2v) is 10.2. The van der Waals surface area contributed by atoms with Gasteiger partial charge in [-0.25, -0.2) is 8.42 Å². The number of benzene rings is 4. The first kappa shape index (κ1) is 22.8. The van der Waals surface area contributed by atoms with Gasteiger partial charge in [0.1, 0.15) is 6.54 Å². The van der Waals surface area contributed by atoms with Gasteiger partial charge in [-0.1, -0.05) is 59.6 Å². The summed E-state index contributed by atoms with van der Waals surface area (Å²) in [6.07, 6.45) is 0. The number of fused-ring (bicyclic) bond motifs is 1. The summed E-state index contributed by atoms with van der Waals surface area (Å²) in [5.74, 6) is -0.449. The molecule has 0 aliphatic rings. The number of hydrogen-bond acceptors (Lipinski definition) is 3. The van der Waals surface area contributed by atoms with E-state index in [9.17, 15) is 13.2 Å². The van der Waals surface area contributed by atoms with E-state index in [1.165, 1.54) is 0 Å². The van der Waals surface area contributed by atoms with E-state index in [2.05, 4.69) is 5.32 Å². The molecule has 1 amide bonds. The monoisotopic (exact) mass is 478 g/mol. The van der Waals surface area contributed by atoms with E-state index >= 15 is 0 Å². The van der Waals surface area contributed by atoms with Crippen LogP contribution in [0.5, 0.6) is 0 Å². The highest BCUT2D eigenvalue weighted by Crippen LogP contribution is 2.29. The summed E-state index contributed by atoms with van der Waals surface area (Å²) in [5, 5.41) is 5.35. The maximum atomic E-state index is 13.6. The Balaban J connectivity index is 1.68. The van der Waals surface area contributed by atoms with E-state index in [0.717, 1.165) is 20.6 Å². The van der Waals surface area contributed by atoms with Crippen LogP contribution in [0.25, 0.3) is 10.8 Å². The molecular weight excluding hydrogens is 456 g/mol. The molecule has 0 aromatic heterocycles. The summed E-state index contributed by atoms with van der Waals surface area (Å²) in [6.45, 7) is 3.26. The van der Waals surface area contributed by atoms with Gasteiger partial charge >= 0.3 is 0 Å². The number of sulfonamides is 1. The van der Waals surface area contributed by atoms with Crippen LogP contribution in [0.4, 0.5) is 11.4 Å². The molecule has 0 bridgehead atoms. The molecule has 0 spiro atoms. The zero-order valence-corrected chi connectivity index (χ0v) is 19.8. The van der Waals surface area contributed by atoms with Gasteiger partial charge in [0, 0.05) is 10.7 Å². The molecular formula is C26H23ClN2O3S. The smallest absolute Gasteiger partial charge is 0.264 e. The van der Waals surface area contributed by atoms with Crippen LogP contribution in [0.2, 0.25) is 5.02 Å². The number of rotatable bonds is 6. The van der Waals surface area contributed by atoms with Crippen LogP contribution in [0.1, 0.15) is 11.1 Å². The first-order valence-corrected chi connectivity index (χ1v) is 12.2. The van der Waals surface area contributed by atoms with Crippen molar-refractivity contribution in [1.82, 2.24) is 0 Å². The molecule has 0 fully saturated rings. The second kappa shape index (κ2) is 9.25. The number of anilines is 2. The minimum atomic E-state index is -4.00. The standard InChI is InChI=1S/C26H23ClN2O3S/c1-18-7-12-24(13-8-18)33(31,32)29(25-14-10-22(27)15-19(25)2)17-26(30)28-23-11-9-20-5-3-4-6-21(20)16-23/h3-16H,17H2,1-2H3,(H,28,30). The number of carbonyl (C=O) groups excluding carboxylic acids is 1. The van der Waals surface area contributed by atoms with Crippen LogP contribution in [0.3, 0.4) is 0 Å². The number of hydrogen-bond donors (Lipinski definition) is 1. The van der Waals surface area contributed by atoms with Crippen molar-refractivity contribution in [2.24, 2.45) is 0 Å². The Bertz CT molecular complexity index is 1430. The van der Waals surface area contributed by atoms with Gasteiger partial charge in [-0.3, -0.25) is 9.10 Å². The molecule has 0 saturated carbocycles. The highest BCUT2D eigenvalue weighted by atomic mass is 35.5. The van der Waals surface area contributed by atoms with Gasteiger partial charge in [0.2, 0.25) is 5.91 Å². The highest BCUT2D eigenvalue weighted by Gasteiger charge is 2.28. The van der Waals surface area contributed by atoms with Gasteiger partial charge in [-0.15, -0.1) is 0 Å². The van der Waals surface area contributed by atoms with E-state index in [1.807, 2.05) is 43.3 Å². The van der Waals surface area contributed by atoms with Crippen LogP contribution in [0, 0.1) is 13.8 Å². The number of nitrogens with zero attached hydrogens (tertiary/aromatic N) is 1. The summed E-state index contributed by atoms with van der Waals surface area (Å²) >= 11 is 6.08. The number of amides is 1. The zero-order chi connectivity index (χ0) is 23.6. The van der Waals surface area contributed by atoms with Gasteiger partial charge < -0.3 is 5.32 Å². The molecule has 0 unspecified atom stereocenters. The van der Waals surface area contributed by atoms with E-state index in [1.54, 1.807) is 55.5 Å². The molecule has 4 aromatic rings. The lowest BCUT2D eigenvalue weighted by Crippen LogP contribution is -2.38. The third kappa shape index (κ3) is 5.02. The lowest BCUT2D eigenvalue weighted by molar-refractivity contribution is -0.114. The van der Waals surface area contributed by atoms with Crippen molar-refractivity contribution < 1.29 is 13.2 Å². The molecule has 5 nitrogen and oxygen atoms in total. The number of halogens is 1. The van der Waals surface area contributed by atoms with Crippen LogP contribution in [0.15, 0.2) is 89.8 Å². The number of carbonyl (C=O) groups is 1. The highest BCUT2D eigenvalue weighted by molar-refractivity contribution is 7.92. The van der Waals surface area contributed by atoms with Crippen LogP contribution in [-0.2, 0) is 14.8 Å². The number of aryl methyl sites for hydroxylation is 2. The summed E-state index contributed by atoms with van der Waals surface area (Å²) in [4.78, 5) is 13.1. The summed E-state index contributed by atoms with van der Waals surface area (Å²) in [6, 6.07) is 24.8. The molecule has 33 heavy (non-hydrogen) atoms. The average molecular weight is 479 g/mol. The molecule has 0 aliphatic carbocycles. The molecule has 0 radical (unpaired) electrons. The van der Waals surface area contributed by atoms with Crippen molar-refractivity contribution in [3.63, 3.8) is 0 Å². The number of nitrogens with one attached hydrogen (secondary N) is 1. The van der Waals surface area contributed by atoms with Gasteiger partial charge in [0.15, 0.2) is 0 Å². The van der Waals surface area contributed by atoms with Gasteiger partial charge in [0.25, 0.3) is 10.0 Å². The maximum absolute atomic E-state index is 13.6. The fourth-order valence-electron chi connectivity index (χ4n) is 3.63. The average Bonchev–Trinajstić information content (AvgIpc) is 2.78. The maximum Gasteiger partial charge on any atom is 0.264 e. The lowest BCUT2D eigenvalue weighted by Gasteiger charge is -2.26. The first-order valence-electron chi connectivity index (χ1n) is 10.4. The summed E-state index contributed by atoms with van der Waals surface area (Å²) in [5.41, 5.74) is 2.58. The Hall–Kier alpha value is -3.35. The minimum Gasteiger partial charge on any atom is -0.324 e. The van der Waals surface area contributed by atoms with Gasteiger partial charge in [-0.05, 0) is 72.6 Å². The fourth-order valence-corrected chi connectivity index (χ4v) is 5.35. The van der Waals surface area contributed by atoms with Crippen LogP contribution in [-0.4, -0.2) is 20.9 Å². The Kier molecular flexibility index (Phi) is 6.40. The fraction of sp³-hybridized carbons (Fsp3) is 0.115. The quantitative estimate of drug-likeness (QED) is 0.372. The van der Waals surface area contributed by atoms with Gasteiger partial charge in [0.05, 0.1) is 10.6 Å². The van der Waals surface area contributed by atoms with E-state index < -0.39 is 15.9 Å². The third-order valence-corrected chi connectivity index (χ3v) is 7.37. The van der Waals surface area contributed by atoms with E-state index in [4.69, 9.17) is 11.6 Å². The lowest BCUT2D eigenvalue weighted by atomic mass is 10.1. The van der Waals surface area contributed by atoms with Crippen molar-refractivity contribution in [3.05, 3.63) is 101 Å². The summed E-state index contributed by atoms with van der Waals surface area (Å²) in [7, 11) is -4.00. The SMILES string of the molecule is Cc1ccc(S(=O)(=O)N(CC(=O)Nc2ccc3ccccc3c2)c2ccc(Cl)cc2C)cc1. The van der Waals surface area contributed by atoms with Crippen molar-refractivity contribution in [2.45, 2.75) is 18.7 Å². The molecule has 0 heterocycles. The molecule has 0 saturated heterocycles. The van der Waals surface area contributed by atoms with Crippen molar-refractivity contribution in [2.75, 3.05) is 16.2 Å². The van der Waals surface area contributed by atoms with Crippen molar-refractivity contribution >= 4 is 49.7 Å². The van der Waals surface area contributed by atoms with Crippen molar-refractivity contribution in [1.29, 1.82) is 0 Å². The topological polar surface area (TPSA) is 66.5 Å². The minimum absolute atomic E-state index is 0.112. The third-order valence-electron chi connectivity index (χ3n) is 5.36. The molecule has 168 valence electrons. The van der Waals surface area contributed by atoms with Gasteiger partial charge in [-0.2, -0.15) is 0 Å². The summed E-state index contributed by atoms with van der Waals surface area (Å²) < 4.78 is 28.2. The zero-order valence-electron chi connectivity index (χ0n) is 18.2. The Morgan fingerprint density at radius 3 is 2.27 bits per heavy atom. The molecule has 1 N–H and O–H groups in total. The molecule has 4 rings (SSSR count). The molecule has 4 aromatic carbocycles. The predicted molar refractivity (Wildman–Crippen MR) is 134 cm³/mol. The van der Waals surface area contributed by atoms with Crippen LogP contribution < -0.4 is 9.62 Å². The second-order valence-electron chi connectivity index (χ2n) is 7.87. The Morgan fingerprint density at radius 1 is 0.879 bits per heavy atom. The Labute approximate surface area is 198 Å². The Morgan fingerprint density at radius 2 is 1.58 bits per heavy atom. The molecule has 7 heteroatoms. The molecule has 0 aliphatic heterocycles. The van der Waals surface area contributed by atoms with E-state index in [0.29, 0.717) is 22.0 Å². The van der Waals surface area contributed by atoms with E-state index in [-0.39, 0.29) is 11.4 Å². The molecule has 0 atom stereocenters. The van der Waals surface area contributed by atoms with Crippen LogP contribution >= 0.6 is 11.6 Å². The normalized spacial score (nSPS) is 11.4. The largest absolute Gasteiger partial charge is 0.324 e.